The number of nitrogens with zero attached hydrogens (tertiary/aromatic N) is 4. The summed E-state index contributed by atoms with van der Waals surface area (Å²) < 4.78 is 1.65. The fourth-order valence-electron chi connectivity index (χ4n) is 3.39. The Kier molecular flexibility index (Phi) is 4.05. The van der Waals surface area contributed by atoms with E-state index in [4.69, 9.17) is 0 Å². The predicted octanol–water partition coefficient (Wildman–Crippen LogP) is 0.174. The number of aromatic nitrogens is 4. The van der Waals surface area contributed by atoms with Gasteiger partial charge in [0, 0.05) is 18.3 Å². The molecule has 1 fully saturated rings. The van der Waals surface area contributed by atoms with Gasteiger partial charge in [0.1, 0.15) is 6.54 Å². The van der Waals surface area contributed by atoms with Crippen LogP contribution in [0, 0.1) is 0 Å². The molecule has 2 heterocycles. The van der Waals surface area contributed by atoms with E-state index in [-0.39, 0.29) is 5.88 Å². The van der Waals surface area contributed by atoms with E-state index in [1.54, 1.807) is 10.9 Å². The van der Waals surface area contributed by atoms with Crippen molar-refractivity contribution in [2.24, 2.45) is 7.05 Å². The van der Waals surface area contributed by atoms with Crippen molar-refractivity contribution in [2.45, 2.75) is 51.6 Å². The standard InChI is InChI=1S/C15H23N5O/c1-3-20(11-7-5-4-6-8-11)10-13-17-14-12(15(21)18-13)9-16-19(14)2/h9,11H,3-8,10H2,1-2H3,(H,17,18,21). The Morgan fingerprint density at radius 1 is 1.29 bits per heavy atom. The van der Waals surface area contributed by atoms with E-state index in [0.29, 0.717) is 22.9 Å². The lowest BCUT2D eigenvalue weighted by atomic mass is 9.94. The fourth-order valence-corrected chi connectivity index (χ4v) is 3.39. The van der Waals surface area contributed by atoms with Crippen LogP contribution in [0.3, 0.4) is 0 Å². The van der Waals surface area contributed by atoms with Crippen molar-refractivity contribution in [3.63, 3.8) is 0 Å². The molecule has 0 aromatic carbocycles. The number of rotatable bonds is 4. The van der Waals surface area contributed by atoms with Crippen molar-refractivity contribution < 1.29 is 10.0 Å². The molecule has 2 aromatic rings. The minimum Gasteiger partial charge on any atom is -0.858 e. The van der Waals surface area contributed by atoms with Crippen LogP contribution in [0.15, 0.2) is 6.20 Å². The van der Waals surface area contributed by atoms with Gasteiger partial charge < -0.3 is 10.0 Å². The minimum atomic E-state index is -0.206. The zero-order chi connectivity index (χ0) is 14.8. The van der Waals surface area contributed by atoms with Crippen LogP contribution < -0.4 is 10.0 Å². The molecule has 3 rings (SSSR count). The van der Waals surface area contributed by atoms with Gasteiger partial charge in [0.2, 0.25) is 0 Å². The number of fused-ring (bicyclic) bond motifs is 1. The molecule has 0 saturated heterocycles. The summed E-state index contributed by atoms with van der Waals surface area (Å²) in [6.45, 7) is 3.98. The molecule has 114 valence electrons. The summed E-state index contributed by atoms with van der Waals surface area (Å²) in [6, 6.07) is 0.685. The highest BCUT2D eigenvalue weighted by atomic mass is 16.3. The van der Waals surface area contributed by atoms with Gasteiger partial charge >= 0.3 is 0 Å². The first-order valence-electron chi connectivity index (χ1n) is 7.89. The first-order chi connectivity index (χ1) is 10.2. The highest BCUT2D eigenvalue weighted by Crippen LogP contribution is 2.18. The fraction of sp³-hybridized carbons (Fsp3) is 0.667. The second kappa shape index (κ2) is 5.97. The lowest BCUT2D eigenvalue weighted by molar-refractivity contribution is -0.939. The van der Waals surface area contributed by atoms with Crippen LogP contribution in [0.5, 0.6) is 5.88 Å². The van der Waals surface area contributed by atoms with E-state index < -0.39 is 0 Å². The number of hydrogen-bond acceptors (Lipinski definition) is 4. The van der Waals surface area contributed by atoms with Gasteiger partial charge in [0.05, 0.1) is 18.8 Å². The molecule has 0 spiro atoms. The summed E-state index contributed by atoms with van der Waals surface area (Å²) >= 11 is 0. The Bertz CT molecular complexity index is 618. The Morgan fingerprint density at radius 3 is 2.76 bits per heavy atom. The smallest absolute Gasteiger partial charge is 0.185 e. The average Bonchev–Trinajstić information content (AvgIpc) is 2.88. The van der Waals surface area contributed by atoms with E-state index in [2.05, 4.69) is 22.0 Å². The van der Waals surface area contributed by atoms with Gasteiger partial charge in [-0.25, -0.2) is 9.97 Å². The van der Waals surface area contributed by atoms with Crippen molar-refractivity contribution in [3.8, 4) is 5.88 Å². The van der Waals surface area contributed by atoms with E-state index in [1.807, 2.05) is 7.05 Å². The van der Waals surface area contributed by atoms with E-state index >= 15 is 0 Å². The van der Waals surface area contributed by atoms with Gasteiger partial charge in [-0.2, -0.15) is 5.10 Å². The molecule has 0 amide bonds. The van der Waals surface area contributed by atoms with Crippen LogP contribution >= 0.6 is 0 Å². The van der Waals surface area contributed by atoms with Crippen molar-refractivity contribution in [1.82, 2.24) is 19.7 Å². The van der Waals surface area contributed by atoms with E-state index in [9.17, 15) is 5.11 Å². The van der Waals surface area contributed by atoms with Crippen LogP contribution in [-0.2, 0) is 13.6 Å². The number of nitrogens with one attached hydrogen (secondary N) is 1. The summed E-state index contributed by atoms with van der Waals surface area (Å²) in [4.78, 5) is 10.2. The Labute approximate surface area is 124 Å². The lowest BCUT2D eigenvalue weighted by Gasteiger charge is -2.30. The van der Waals surface area contributed by atoms with Crippen molar-refractivity contribution in [2.75, 3.05) is 6.54 Å². The van der Waals surface area contributed by atoms with Crippen LogP contribution in [0.1, 0.15) is 44.9 Å². The molecule has 1 aliphatic carbocycles. The molecule has 0 aliphatic heterocycles. The first-order valence-corrected chi connectivity index (χ1v) is 7.89. The number of aryl methyl sites for hydroxylation is 1. The van der Waals surface area contributed by atoms with Crippen LogP contribution in [0.25, 0.3) is 11.0 Å². The van der Waals surface area contributed by atoms with Gasteiger partial charge in [-0.1, -0.05) is 6.42 Å². The Hall–Kier alpha value is -1.69. The molecule has 0 bridgehead atoms. The van der Waals surface area contributed by atoms with Crippen LogP contribution in [0.4, 0.5) is 0 Å². The maximum absolute atomic E-state index is 12.0. The number of quaternary nitrogens is 1. The quantitative estimate of drug-likeness (QED) is 0.871. The second-order valence-corrected chi connectivity index (χ2v) is 5.97. The van der Waals surface area contributed by atoms with Gasteiger partial charge in [0.15, 0.2) is 11.5 Å². The monoisotopic (exact) mass is 289 g/mol. The summed E-state index contributed by atoms with van der Waals surface area (Å²) in [5.41, 5.74) is 0.643. The largest absolute Gasteiger partial charge is 0.858 e. The highest BCUT2D eigenvalue weighted by Gasteiger charge is 2.24. The number of hydrogen-bond donors (Lipinski definition) is 1. The molecule has 1 saturated carbocycles. The second-order valence-electron chi connectivity index (χ2n) is 5.97. The van der Waals surface area contributed by atoms with Gasteiger partial charge in [-0.05, 0) is 32.6 Å². The summed E-state index contributed by atoms with van der Waals surface area (Å²) in [6.07, 6.45) is 8.11. The topological polar surface area (TPSA) is 71.1 Å². The molecule has 2 aromatic heterocycles. The lowest BCUT2D eigenvalue weighted by Crippen LogP contribution is -3.14. The van der Waals surface area contributed by atoms with E-state index in [1.165, 1.54) is 37.0 Å². The van der Waals surface area contributed by atoms with Crippen LogP contribution in [0.2, 0.25) is 0 Å². The maximum atomic E-state index is 12.0. The SMILES string of the molecule is CC[NH+](Cc1nc([O-])c2cnn(C)c2n1)C1CCCCC1. The third-order valence-corrected chi connectivity index (χ3v) is 4.63. The van der Waals surface area contributed by atoms with E-state index in [0.717, 1.165) is 13.1 Å². The molecular weight excluding hydrogens is 266 g/mol. The highest BCUT2D eigenvalue weighted by molar-refractivity contribution is 5.79. The zero-order valence-corrected chi connectivity index (χ0v) is 12.8. The molecule has 1 atom stereocenters. The average molecular weight is 289 g/mol. The minimum absolute atomic E-state index is 0.206. The predicted molar refractivity (Wildman–Crippen MR) is 77.8 cm³/mol. The molecule has 1 aliphatic rings. The van der Waals surface area contributed by atoms with Crippen LogP contribution in [-0.4, -0.2) is 32.3 Å². The summed E-state index contributed by atoms with van der Waals surface area (Å²) in [5.74, 6) is 0.445. The molecule has 1 unspecified atom stereocenters. The maximum Gasteiger partial charge on any atom is 0.185 e. The molecular formula is C15H23N5O. The van der Waals surface area contributed by atoms with Crippen molar-refractivity contribution in [3.05, 3.63) is 12.0 Å². The Balaban J connectivity index is 1.83. The third-order valence-electron chi connectivity index (χ3n) is 4.63. The summed E-state index contributed by atoms with van der Waals surface area (Å²) in [5, 5.41) is 16.7. The Morgan fingerprint density at radius 2 is 2.05 bits per heavy atom. The van der Waals surface area contributed by atoms with Gasteiger partial charge in [0.25, 0.3) is 0 Å². The normalized spacial score (nSPS) is 18.2. The van der Waals surface area contributed by atoms with Crippen molar-refractivity contribution >= 4 is 11.0 Å². The van der Waals surface area contributed by atoms with Gasteiger partial charge in [-0.15, -0.1) is 0 Å². The first kappa shape index (κ1) is 14.3. The van der Waals surface area contributed by atoms with Crippen molar-refractivity contribution in [1.29, 1.82) is 0 Å². The van der Waals surface area contributed by atoms with Gasteiger partial charge in [-0.3, -0.25) is 4.68 Å². The summed E-state index contributed by atoms with van der Waals surface area (Å²) in [7, 11) is 1.81. The third kappa shape index (κ3) is 2.85. The molecule has 21 heavy (non-hydrogen) atoms. The molecule has 6 nitrogen and oxygen atoms in total. The molecule has 6 heteroatoms. The molecule has 1 N–H and O–H groups in total. The zero-order valence-electron chi connectivity index (χ0n) is 12.8. The molecule has 0 radical (unpaired) electrons.